The molecule has 0 spiro atoms. The Morgan fingerprint density at radius 3 is 2.62 bits per heavy atom. The monoisotopic (exact) mass is 234 g/mol. The fourth-order valence-corrected chi connectivity index (χ4v) is 1.57. The quantitative estimate of drug-likeness (QED) is 0.580. The summed E-state index contributed by atoms with van der Waals surface area (Å²) < 4.78 is 0. The van der Waals surface area contributed by atoms with Gasteiger partial charge >= 0.3 is 0 Å². The fraction of sp³-hybridized carbons (Fsp3) is 0.125. The van der Waals surface area contributed by atoms with Gasteiger partial charge in [0.2, 0.25) is 0 Å². The Kier molecular flexibility index (Phi) is 3.36. The van der Waals surface area contributed by atoms with Gasteiger partial charge in [0.1, 0.15) is 4.99 Å². The smallest absolute Gasteiger partial charge is 0.108 e. The molecule has 0 aliphatic heterocycles. The molecule has 2 nitrogen and oxygen atoms in total. The molecule has 0 aromatic heterocycles. The average Bonchev–Trinajstić information content (AvgIpc) is 2.10. The SMILES string of the molecule is CNC(=S)c1cc(Cl)cc(Cl)c1N. The molecule has 0 atom stereocenters. The van der Waals surface area contributed by atoms with Crippen molar-refractivity contribution in [3.05, 3.63) is 27.7 Å². The summed E-state index contributed by atoms with van der Waals surface area (Å²) >= 11 is 16.6. The van der Waals surface area contributed by atoms with E-state index in [9.17, 15) is 0 Å². The summed E-state index contributed by atoms with van der Waals surface area (Å²) in [5.41, 5.74) is 6.82. The van der Waals surface area contributed by atoms with Crippen molar-refractivity contribution in [2.24, 2.45) is 0 Å². The zero-order valence-electron chi connectivity index (χ0n) is 6.90. The summed E-state index contributed by atoms with van der Waals surface area (Å²) in [6.07, 6.45) is 0. The van der Waals surface area contributed by atoms with Crippen molar-refractivity contribution < 1.29 is 0 Å². The van der Waals surface area contributed by atoms with E-state index in [4.69, 9.17) is 41.2 Å². The third-order valence-corrected chi connectivity index (χ3v) is 2.52. The van der Waals surface area contributed by atoms with Crippen LogP contribution in [-0.4, -0.2) is 12.0 Å². The molecule has 0 fully saturated rings. The van der Waals surface area contributed by atoms with E-state index in [0.29, 0.717) is 26.3 Å². The van der Waals surface area contributed by atoms with Crippen LogP contribution < -0.4 is 11.1 Å². The molecule has 0 saturated heterocycles. The molecule has 13 heavy (non-hydrogen) atoms. The van der Waals surface area contributed by atoms with Gasteiger partial charge in [-0.25, -0.2) is 0 Å². The van der Waals surface area contributed by atoms with Crippen molar-refractivity contribution in [1.29, 1.82) is 0 Å². The maximum Gasteiger partial charge on any atom is 0.108 e. The predicted molar refractivity (Wildman–Crippen MR) is 61.6 cm³/mol. The standard InChI is InChI=1S/C8H8Cl2N2S/c1-12-8(13)5-2-4(9)3-6(10)7(5)11/h2-3H,11H2,1H3,(H,12,13). The number of nitrogens with one attached hydrogen (secondary N) is 1. The van der Waals surface area contributed by atoms with Gasteiger partial charge in [0, 0.05) is 17.6 Å². The van der Waals surface area contributed by atoms with E-state index in [1.807, 2.05) is 0 Å². The summed E-state index contributed by atoms with van der Waals surface area (Å²) in [5, 5.41) is 3.75. The van der Waals surface area contributed by atoms with E-state index >= 15 is 0 Å². The minimum Gasteiger partial charge on any atom is -0.397 e. The maximum atomic E-state index is 5.82. The van der Waals surface area contributed by atoms with Crippen LogP contribution in [-0.2, 0) is 0 Å². The zero-order valence-corrected chi connectivity index (χ0v) is 9.22. The van der Waals surface area contributed by atoms with Crippen molar-refractivity contribution in [2.45, 2.75) is 0 Å². The molecule has 0 saturated carbocycles. The van der Waals surface area contributed by atoms with Crippen LogP contribution in [0.25, 0.3) is 0 Å². The van der Waals surface area contributed by atoms with Crippen molar-refractivity contribution in [1.82, 2.24) is 5.32 Å². The van der Waals surface area contributed by atoms with Gasteiger partial charge in [-0.05, 0) is 12.1 Å². The number of hydrogen-bond donors (Lipinski definition) is 2. The van der Waals surface area contributed by atoms with Crippen molar-refractivity contribution in [3.8, 4) is 0 Å². The highest BCUT2D eigenvalue weighted by atomic mass is 35.5. The molecular formula is C8H8Cl2N2S. The first kappa shape index (κ1) is 10.6. The van der Waals surface area contributed by atoms with Gasteiger partial charge in [0.25, 0.3) is 0 Å². The Labute approximate surface area is 92.0 Å². The van der Waals surface area contributed by atoms with Gasteiger partial charge < -0.3 is 11.1 Å². The first-order valence-corrected chi connectivity index (χ1v) is 4.69. The minimum absolute atomic E-state index is 0.417. The average molecular weight is 235 g/mol. The lowest BCUT2D eigenvalue weighted by molar-refractivity contribution is 1.20. The number of nitrogen functional groups attached to an aromatic ring is 1. The van der Waals surface area contributed by atoms with Crippen LogP contribution in [0.5, 0.6) is 0 Å². The first-order chi connectivity index (χ1) is 6.06. The van der Waals surface area contributed by atoms with E-state index in [1.54, 1.807) is 19.2 Å². The summed E-state index contributed by atoms with van der Waals surface area (Å²) in [6.45, 7) is 0. The molecule has 3 N–H and O–H groups in total. The summed E-state index contributed by atoms with van der Waals surface area (Å²) in [7, 11) is 1.72. The molecule has 1 aromatic carbocycles. The number of nitrogens with two attached hydrogens (primary N) is 1. The lowest BCUT2D eigenvalue weighted by atomic mass is 10.2. The number of rotatable bonds is 1. The van der Waals surface area contributed by atoms with Gasteiger partial charge in [-0.1, -0.05) is 35.4 Å². The summed E-state index contributed by atoms with van der Waals surface area (Å²) in [4.78, 5) is 0.530. The third kappa shape index (κ3) is 2.24. The molecule has 0 bridgehead atoms. The third-order valence-electron chi connectivity index (χ3n) is 1.57. The summed E-state index contributed by atoms with van der Waals surface area (Å²) in [6, 6.07) is 3.27. The number of anilines is 1. The summed E-state index contributed by atoms with van der Waals surface area (Å²) in [5.74, 6) is 0. The molecule has 70 valence electrons. The molecule has 5 heteroatoms. The Balaban J connectivity index is 3.28. The van der Waals surface area contributed by atoms with Crippen LogP contribution in [0.4, 0.5) is 5.69 Å². The lowest BCUT2D eigenvalue weighted by Gasteiger charge is -2.08. The minimum atomic E-state index is 0.417. The highest BCUT2D eigenvalue weighted by molar-refractivity contribution is 7.80. The first-order valence-electron chi connectivity index (χ1n) is 3.53. The fourth-order valence-electron chi connectivity index (χ4n) is 0.907. The Morgan fingerprint density at radius 1 is 1.46 bits per heavy atom. The van der Waals surface area contributed by atoms with E-state index in [0.717, 1.165) is 0 Å². The van der Waals surface area contributed by atoms with Crippen LogP contribution in [0.1, 0.15) is 5.56 Å². The number of hydrogen-bond acceptors (Lipinski definition) is 2. The molecule has 1 rings (SSSR count). The molecule has 0 radical (unpaired) electrons. The van der Waals surface area contributed by atoms with Gasteiger partial charge in [0.05, 0.1) is 10.7 Å². The second-order valence-corrected chi connectivity index (χ2v) is 3.68. The van der Waals surface area contributed by atoms with Crippen LogP contribution in [0.15, 0.2) is 12.1 Å². The highest BCUT2D eigenvalue weighted by Crippen LogP contribution is 2.27. The van der Waals surface area contributed by atoms with Crippen molar-refractivity contribution in [2.75, 3.05) is 12.8 Å². The molecule has 0 unspecified atom stereocenters. The van der Waals surface area contributed by atoms with E-state index < -0.39 is 0 Å². The van der Waals surface area contributed by atoms with Gasteiger partial charge in [-0.2, -0.15) is 0 Å². The highest BCUT2D eigenvalue weighted by Gasteiger charge is 2.08. The normalized spacial score (nSPS) is 9.77. The van der Waals surface area contributed by atoms with Crippen LogP contribution in [0.3, 0.4) is 0 Å². The number of halogens is 2. The molecule has 1 aromatic rings. The van der Waals surface area contributed by atoms with Crippen LogP contribution in [0, 0.1) is 0 Å². The topological polar surface area (TPSA) is 38.0 Å². The maximum absolute atomic E-state index is 5.82. The lowest BCUT2D eigenvalue weighted by Crippen LogP contribution is -2.18. The molecule has 0 aliphatic rings. The van der Waals surface area contributed by atoms with E-state index in [-0.39, 0.29) is 0 Å². The molecular weight excluding hydrogens is 227 g/mol. The predicted octanol–water partition coefficient (Wildman–Crippen LogP) is 2.47. The second kappa shape index (κ2) is 4.13. The van der Waals surface area contributed by atoms with Gasteiger partial charge in [0.15, 0.2) is 0 Å². The van der Waals surface area contributed by atoms with Crippen molar-refractivity contribution >= 4 is 46.1 Å². The van der Waals surface area contributed by atoms with Gasteiger partial charge in [-0.15, -0.1) is 0 Å². The Morgan fingerprint density at radius 2 is 2.08 bits per heavy atom. The van der Waals surface area contributed by atoms with E-state index in [1.165, 1.54) is 0 Å². The largest absolute Gasteiger partial charge is 0.397 e. The number of thiocarbonyl (C=S) groups is 1. The van der Waals surface area contributed by atoms with E-state index in [2.05, 4.69) is 5.32 Å². The van der Waals surface area contributed by atoms with Gasteiger partial charge in [-0.3, -0.25) is 0 Å². The van der Waals surface area contributed by atoms with Crippen LogP contribution in [0.2, 0.25) is 10.0 Å². The second-order valence-electron chi connectivity index (χ2n) is 2.43. The molecule has 0 aliphatic carbocycles. The Bertz CT molecular complexity index is 352. The zero-order chi connectivity index (χ0) is 10.0. The van der Waals surface area contributed by atoms with Crippen molar-refractivity contribution in [3.63, 3.8) is 0 Å². The molecule has 0 amide bonds. The Hall–Kier alpha value is -0.510. The molecule has 0 heterocycles. The number of benzene rings is 1. The van der Waals surface area contributed by atoms with Crippen LogP contribution >= 0.6 is 35.4 Å².